The molecule has 1 aliphatic heterocycles. The van der Waals surface area contributed by atoms with Crippen molar-refractivity contribution >= 4 is 17.3 Å². The number of hydrazone groups is 1. The highest BCUT2D eigenvalue weighted by molar-refractivity contribution is 6.17. The fourth-order valence-electron chi connectivity index (χ4n) is 1.88. The minimum Gasteiger partial charge on any atom is -0.494 e. The van der Waals surface area contributed by atoms with Crippen LogP contribution in [0.3, 0.4) is 0 Å². The number of carbonyl (C=O) groups is 1. The number of halogens is 3. The predicted molar refractivity (Wildman–Crippen MR) is 67.8 cm³/mol. The summed E-state index contributed by atoms with van der Waals surface area (Å²) in [7, 11) is 0. The van der Waals surface area contributed by atoms with Crippen LogP contribution in [-0.4, -0.2) is 24.4 Å². The third-order valence-corrected chi connectivity index (χ3v) is 2.88. The molecular weight excluding hydrogens is 273 g/mol. The van der Waals surface area contributed by atoms with Crippen LogP contribution in [0.5, 0.6) is 5.75 Å². The van der Waals surface area contributed by atoms with Crippen LogP contribution in [0.4, 0.5) is 18.9 Å². The number of hydrogen-bond donors (Lipinski definition) is 0. The highest BCUT2D eigenvalue weighted by Gasteiger charge is 2.48. The van der Waals surface area contributed by atoms with Gasteiger partial charge in [0.25, 0.3) is 5.91 Å². The molecule has 1 unspecified atom stereocenters. The fourth-order valence-corrected chi connectivity index (χ4v) is 1.88. The van der Waals surface area contributed by atoms with Gasteiger partial charge in [0.2, 0.25) is 0 Å². The molecule has 0 saturated carbocycles. The van der Waals surface area contributed by atoms with Crippen LogP contribution in [-0.2, 0) is 4.79 Å². The first-order chi connectivity index (χ1) is 9.34. The van der Waals surface area contributed by atoms with Crippen molar-refractivity contribution in [3.05, 3.63) is 24.3 Å². The molecule has 0 spiro atoms. The molecule has 0 aliphatic carbocycles. The van der Waals surface area contributed by atoms with Crippen molar-refractivity contribution in [2.75, 3.05) is 11.6 Å². The van der Waals surface area contributed by atoms with E-state index in [0.29, 0.717) is 12.4 Å². The molecular formula is C13H13F3N2O2. The zero-order valence-corrected chi connectivity index (χ0v) is 10.9. The molecule has 1 aromatic carbocycles. The highest BCUT2D eigenvalue weighted by Crippen LogP contribution is 2.32. The molecule has 7 heteroatoms. The monoisotopic (exact) mass is 286 g/mol. The van der Waals surface area contributed by atoms with E-state index in [0.717, 1.165) is 5.01 Å². The van der Waals surface area contributed by atoms with Gasteiger partial charge in [-0.2, -0.15) is 23.3 Å². The number of benzene rings is 1. The van der Waals surface area contributed by atoms with Gasteiger partial charge in [-0.3, -0.25) is 4.79 Å². The Labute approximate surface area is 113 Å². The molecule has 0 N–H and O–H groups in total. The maximum absolute atomic E-state index is 12.7. The van der Waals surface area contributed by atoms with E-state index in [1.807, 2.05) is 6.92 Å². The molecule has 2 rings (SSSR count). The lowest BCUT2D eigenvalue weighted by Crippen LogP contribution is -2.31. The van der Waals surface area contributed by atoms with Crippen molar-refractivity contribution in [3.8, 4) is 5.75 Å². The van der Waals surface area contributed by atoms with E-state index in [1.165, 1.54) is 19.1 Å². The SMILES string of the molecule is CCOc1ccc(N2N=C(C(F)(F)F)C(C)C2=O)cc1. The summed E-state index contributed by atoms with van der Waals surface area (Å²) in [6.45, 7) is 3.50. The van der Waals surface area contributed by atoms with Gasteiger partial charge in [-0.05, 0) is 38.1 Å². The average Bonchev–Trinajstić information content (AvgIpc) is 2.68. The van der Waals surface area contributed by atoms with Crippen molar-refractivity contribution < 1.29 is 22.7 Å². The average molecular weight is 286 g/mol. The maximum Gasteiger partial charge on any atom is 0.432 e. The Kier molecular flexibility index (Phi) is 3.69. The third kappa shape index (κ3) is 2.61. The number of carbonyl (C=O) groups excluding carboxylic acids is 1. The minimum absolute atomic E-state index is 0.282. The molecule has 1 aliphatic rings. The molecule has 1 atom stereocenters. The summed E-state index contributed by atoms with van der Waals surface area (Å²) in [4.78, 5) is 11.9. The zero-order chi connectivity index (χ0) is 14.9. The first-order valence-electron chi connectivity index (χ1n) is 6.07. The summed E-state index contributed by atoms with van der Waals surface area (Å²) in [6, 6.07) is 6.16. The van der Waals surface area contributed by atoms with Crippen LogP contribution in [0.15, 0.2) is 29.4 Å². The van der Waals surface area contributed by atoms with Gasteiger partial charge in [0.15, 0.2) is 5.71 Å². The quantitative estimate of drug-likeness (QED) is 0.857. The van der Waals surface area contributed by atoms with Gasteiger partial charge in [0, 0.05) is 0 Å². The van der Waals surface area contributed by atoms with Gasteiger partial charge in [-0.15, -0.1) is 0 Å². The molecule has 1 aromatic rings. The molecule has 0 aromatic heterocycles. The summed E-state index contributed by atoms with van der Waals surface area (Å²) in [6.07, 6.45) is -4.60. The van der Waals surface area contributed by atoms with Crippen LogP contribution in [0.2, 0.25) is 0 Å². The Morgan fingerprint density at radius 3 is 2.35 bits per heavy atom. The summed E-state index contributed by atoms with van der Waals surface area (Å²) in [5.41, 5.74) is -0.791. The molecule has 1 amide bonds. The second-order valence-corrected chi connectivity index (χ2v) is 4.28. The zero-order valence-electron chi connectivity index (χ0n) is 10.9. The van der Waals surface area contributed by atoms with Gasteiger partial charge < -0.3 is 4.74 Å². The highest BCUT2D eigenvalue weighted by atomic mass is 19.4. The van der Waals surface area contributed by atoms with E-state index < -0.39 is 23.7 Å². The lowest BCUT2D eigenvalue weighted by atomic mass is 10.1. The predicted octanol–water partition coefficient (Wildman–Crippen LogP) is 2.99. The van der Waals surface area contributed by atoms with E-state index in [1.54, 1.807) is 12.1 Å². The van der Waals surface area contributed by atoms with Gasteiger partial charge in [-0.1, -0.05) is 0 Å². The molecule has 0 radical (unpaired) electrons. The van der Waals surface area contributed by atoms with Crippen LogP contribution in [0, 0.1) is 5.92 Å². The largest absolute Gasteiger partial charge is 0.494 e. The second kappa shape index (κ2) is 5.15. The Morgan fingerprint density at radius 1 is 1.30 bits per heavy atom. The third-order valence-electron chi connectivity index (χ3n) is 2.88. The first-order valence-corrected chi connectivity index (χ1v) is 6.07. The maximum atomic E-state index is 12.7. The van der Waals surface area contributed by atoms with E-state index in [9.17, 15) is 18.0 Å². The van der Waals surface area contributed by atoms with E-state index >= 15 is 0 Å². The number of amides is 1. The number of ether oxygens (including phenoxy) is 1. The lowest BCUT2D eigenvalue weighted by Gasteiger charge is -2.13. The molecule has 4 nitrogen and oxygen atoms in total. The molecule has 0 bridgehead atoms. The minimum atomic E-state index is -4.60. The Morgan fingerprint density at radius 2 is 1.90 bits per heavy atom. The van der Waals surface area contributed by atoms with Gasteiger partial charge in [0.1, 0.15) is 5.75 Å². The standard InChI is InChI=1S/C13H13F3N2O2/c1-3-20-10-6-4-9(5-7-10)18-12(19)8(2)11(17-18)13(14,15)16/h4-8H,3H2,1-2H3. The van der Waals surface area contributed by atoms with Crippen molar-refractivity contribution in [2.24, 2.45) is 11.0 Å². The summed E-state index contributed by atoms with van der Waals surface area (Å²) in [5.74, 6) is -1.40. The smallest absolute Gasteiger partial charge is 0.432 e. The number of alkyl halides is 3. The molecule has 20 heavy (non-hydrogen) atoms. The summed E-state index contributed by atoms with van der Waals surface area (Å²) < 4.78 is 43.4. The number of rotatable bonds is 3. The molecule has 0 fully saturated rings. The van der Waals surface area contributed by atoms with Crippen molar-refractivity contribution in [3.63, 3.8) is 0 Å². The Bertz CT molecular complexity index is 538. The number of anilines is 1. The van der Waals surface area contributed by atoms with Crippen LogP contribution in [0.25, 0.3) is 0 Å². The van der Waals surface area contributed by atoms with Crippen molar-refractivity contribution in [1.82, 2.24) is 0 Å². The number of nitrogens with zero attached hydrogens (tertiary/aromatic N) is 2. The van der Waals surface area contributed by atoms with Gasteiger partial charge >= 0.3 is 6.18 Å². The van der Waals surface area contributed by atoms with Crippen LogP contribution in [0.1, 0.15) is 13.8 Å². The first kappa shape index (κ1) is 14.4. The van der Waals surface area contributed by atoms with Gasteiger partial charge in [-0.25, -0.2) is 0 Å². The second-order valence-electron chi connectivity index (χ2n) is 4.28. The van der Waals surface area contributed by atoms with Crippen LogP contribution >= 0.6 is 0 Å². The van der Waals surface area contributed by atoms with E-state index in [-0.39, 0.29) is 5.69 Å². The van der Waals surface area contributed by atoms with Crippen molar-refractivity contribution in [2.45, 2.75) is 20.0 Å². The molecule has 108 valence electrons. The summed E-state index contributed by atoms with van der Waals surface area (Å²) in [5, 5.41) is 4.18. The Hall–Kier alpha value is -2.05. The van der Waals surface area contributed by atoms with E-state index in [2.05, 4.69) is 5.10 Å². The molecule has 1 heterocycles. The van der Waals surface area contributed by atoms with Crippen molar-refractivity contribution in [1.29, 1.82) is 0 Å². The normalized spacial score (nSPS) is 19.2. The van der Waals surface area contributed by atoms with Gasteiger partial charge in [0.05, 0.1) is 18.2 Å². The lowest BCUT2D eigenvalue weighted by molar-refractivity contribution is -0.120. The van der Waals surface area contributed by atoms with Crippen LogP contribution < -0.4 is 9.75 Å². The molecule has 0 saturated heterocycles. The topological polar surface area (TPSA) is 41.9 Å². The fraction of sp³-hybridized carbons (Fsp3) is 0.385. The van der Waals surface area contributed by atoms with E-state index in [4.69, 9.17) is 4.74 Å². The summed E-state index contributed by atoms with van der Waals surface area (Å²) >= 11 is 0. The Balaban J connectivity index is 2.28. The number of hydrogen-bond acceptors (Lipinski definition) is 3.